The van der Waals surface area contributed by atoms with Crippen LogP contribution in [0.15, 0.2) is 78.9 Å². The predicted octanol–water partition coefficient (Wildman–Crippen LogP) is 5.80. The highest BCUT2D eigenvalue weighted by atomic mass is 16.6. The summed E-state index contributed by atoms with van der Waals surface area (Å²) in [4.78, 5) is 56.7. The van der Waals surface area contributed by atoms with Crippen molar-refractivity contribution in [2.75, 3.05) is 6.54 Å². The number of nitrogens with zero attached hydrogens (tertiary/aromatic N) is 1. The number of nitrogens with one attached hydrogen (secondary N) is 2. The summed E-state index contributed by atoms with van der Waals surface area (Å²) in [5, 5.41) is 16.8. The Labute approximate surface area is 283 Å². The van der Waals surface area contributed by atoms with Gasteiger partial charge in [-0.15, -0.1) is 0 Å². The molecule has 3 N–H and O–H groups in total. The molecule has 0 aromatic heterocycles. The average Bonchev–Trinajstić information content (AvgIpc) is 2.99. The highest BCUT2D eigenvalue weighted by Gasteiger charge is 2.39. The van der Waals surface area contributed by atoms with E-state index in [2.05, 4.69) is 10.6 Å². The SMILES string of the molecule is CCN(C(=O)C(Cc1ccccc1)NC(=O)OC(C)(C)C)C(C(=O)NC(Cc1ccccc1)C(=O)OC(C)(C)C)c1cccc(C)c1O. The number of phenols is 1. The molecule has 3 amide bonds. The van der Waals surface area contributed by atoms with Crippen LogP contribution in [0.1, 0.15) is 76.8 Å². The van der Waals surface area contributed by atoms with E-state index < -0.39 is 53.2 Å². The number of aromatic hydroxyl groups is 1. The zero-order chi connectivity index (χ0) is 35.6. The lowest BCUT2D eigenvalue weighted by Crippen LogP contribution is -2.55. The van der Waals surface area contributed by atoms with Crippen molar-refractivity contribution in [3.63, 3.8) is 0 Å². The van der Waals surface area contributed by atoms with E-state index in [1.54, 1.807) is 73.6 Å². The van der Waals surface area contributed by atoms with Gasteiger partial charge in [-0.1, -0.05) is 78.9 Å². The lowest BCUT2D eigenvalue weighted by atomic mass is 9.97. The number of rotatable bonds is 12. The number of benzene rings is 3. The second-order valence-electron chi connectivity index (χ2n) is 13.7. The summed E-state index contributed by atoms with van der Waals surface area (Å²) in [5.41, 5.74) is 0.580. The molecular formula is C38H49N3O7. The average molecular weight is 660 g/mol. The molecule has 0 saturated carbocycles. The predicted molar refractivity (Wildman–Crippen MR) is 184 cm³/mol. The monoisotopic (exact) mass is 659 g/mol. The van der Waals surface area contributed by atoms with Crippen LogP contribution in [0.3, 0.4) is 0 Å². The Balaban J connectivity index is 2.08. The minimum absolute atomic E-state index is 0.0291. The fourth-order valence-electron chi connectivity index (χ4n) is 5.19. The van der Waals surface area contributed by atoms with Gasteiger partial charge in [0.15, 0.2) is 0 Å². The lowest BCUT2D eigenvalue weighted by Gasteiger charge is -2.35. The largest absolute Gasteiger partial charge is 0.507 e. The van der Waals surface area contributed by atoms with Crippen LogP contribution in [0.5, 0.6) is 5.75 Å². The third kappa shape index (κ3) is 11.1. The van der Waals surface area contributed by atoms with Crippen LogP contribution in [0.2, 0.25) is 0 Å². The quantitative estimate of drug-likeness (QED) is 0.210. The van der Waals surface area contributed by atoms with Crippen LogP contribution in [0, 0.1) is 6.92 Å². The third-order valence-electron chi connectivity index (χ3n) is 7.31. The molecule has 10 nitrogen and oxygen atoms in total. The van der Waals surface area contributed by atoms with Gasteiger partial charge in [0.05, 0.1) is 0 Å². The van der Waals surface area contributed by atoms with E-state index >= 15 is 0 Å². The Morgan fingerprint density at radius 2 is 1.25 bits per heavy atom. The number of esters is 1. The summed E-state index contributed by atoms with van der Waals surface area (Å²) in [6.45, 7) is 13.8. The smallest absolute Gasteiger partial charge is 0.408 e. The Morgan fingerprint density at radius 3 is 1.75 bits per heavy atom. The van der Waals surface area contributed by atoms with Gasteiger partial charge < -0.3 is 30.1 Å². The highest BCUT2D eigenvalue weighted by molar-refractivity contribution is 5.94. The molecule has 0 heterocycles. The van der Waals surface area contributed by atoms with Crippen molar-refractivity contribution < 1.29 is 33.8 Å². The van der Waals surface area contributed by atoms with Crippen LogP contribution in [0.4, 0.5) is 4.79 Å². The van der Waals surface area contributed by atoms with E-state index in [0.29, 0.717) is 5.56 Å². The molecule has 0 saturated heterocycles. The lowest BCUT2D eigenvalue weighted by molar-refractivity contribution is -0.159. The van der Waals surface area contributed by atoms with Crippen molar-refractivity contribution in [3.05, 3.63) is 101 Å². The van der Waals surface area contributed by atoms with E-state index in [4.69, 9.17) is 9.47 Å². The number of aryl methyl sites for hydroxylation is 1. The molecule has 3 aromatic carbocycles. The second-order valence-corrected chi connectivity index (χ2v) is 13.7. The van der Waals surface area contributed by atoms with Gasteiger partial charge in [0.25, 0.3) is 0 Å². The summed E-state index contributed by atoms with van der Waals surface area (Å²) in [6.07, 6.45) is -0.552. The van der Waals surface area contributed by atoms with E-state index in [9.17, 15) is 24.3 Å². The van der Waals surface area contributed by atoms with E-state index in [1.165, 1.54) is 4.90 Å². The first-order valence-corrected chi connectivity index (χ1v) is 16.2. The Bertz CT molecular complexity index is 1550. The number of amides is 3. The van der Waals surface area contributed by atoms with E-state index in [-0.39, 0.29) is 30.7 Å². The Morgan fingerprint density at radius 1 is 0.729 bits per heavy atom. The van der Waals surface area contributed by atoms with Gasteiger partial charge >= 0.3 is 12.1 Å². The molecule has 48 heavy (non-hydrogen) atoms. The maximum absolute atomic E-state index is 14.5. The number of para-hydroxylation sites is 1. The maximum Gasteiger partial charge on any atom is 0.408 e. The molecular weight excluding hydrogens is 610 g/mol. The van der Waals surface area contributed by atoms with Crippen LogP contribution >= 0.6 is 0 Å². The molecule has 258 valence electrons. The van der Waals surface area contributed by atoms with Crippen LogP contribution in [-0.4, -0.2) is 63.7 Å². The zero-order valence-corrected chi connectivity index (χ0v) is 29.2. The van der Waals surface area contributed by atoms with Gasteiger partial charge in [-0.05, 0) is 72.1 Å². The molecule has 0 radical (unpaired) electrons. The Hall–Kier alpha value is -4.86. The van der Waals surface area contributed by atoms with Crippen molar-refractivity contribution in [2.45, 2.75) is 97.6 Å². The van der Waals surface area contributed by atoms with Gasteiger partial charge in [0.1, 0.15) is 35.1 Å². The molecule has 0 aliphatic heterocycles. The first kappa shape index (κ1) is 37.6. The normalized spacial score (nSPS) is 13.4. The number of ether oxygens (including phenoxy) is 2. The molecule has 0 fully saturated rings. The fourth-order valence-corrected chi connectivity index (χ4v) is 5.19. The topological polar surface area (TPSA) is 134 Å². The van der Waals surface area contributed by atoms with Gasteiger partial charge in [-0.3, -0.25) is 9.59 Å². The first-order chi connectivity index (χ1) is 22.5. The van der Waals surface area contributed by atoms with Crippen LogP contribution < -0.4 is 10.6 Å². The molecule has 0 aliphatic carbocycles. The zero-order valence-electron chi connectivity index (χ0n) is 29.2. The van der Waals surface area contributed by atoms with Crippen molar-refractivity contribution in [3.8, 4) is 5.75 Å². The van der Waals surface area contributed by atoms with Crippen molar-refractivity contribution in [2.24, 2.45) is 0 Å². The molecule has 0 bridgehead atoms. The highest BCUT2D eigenvalue weighted by Crippen LogP contribution is 2.32. The first-order valence-electron chi connectivity index (χ1n) is 16.2. The van der Waals surface area contributed by atoms with Gasteiger partial charge in [0.2, 0.25) is 11.8 Å². The van der Waals surface area contributed by atoms with Gasteiger partial charge in [0, 0.05) is 24.9 Å². The molecule has 3 aromatic rings. The summed E-state index contributed by atoms with van der Waals surface area (Å²) in [6, 6.07) is 19.7. The number of hydrogen-bond acceptors (Lipinski definition) is 7. The molecule has 0 aliphatic rings. The third-order valence-corrected chi connectivity index (χ3v) is 7.31. The van der Waals surface area contributed by atoms with Crippen LogP contribution in [-0.2, 0) is 36.7 Å². The number of hydrogen-bond donors (Lipinski definition) is 3. The standard InChI is InChI=1S/C38H49N3O7/c1-9-41(34(44)29(23-26-18-12-10-13-19-26)40-36(46)48-38(6,7)8)31(28-22-16-17-25(2)32(28)42)33(43)39-30(35(45)47-37(3,4)5)24-27-20-14-11-15-21-27/h10-22,29-31,42H,9,23-24H2,1-8H3,(H,39,43)(H,40,46). The number of carbonyl (C=O) groups excluding carboxylic acids is 4. The Kier molecular flexibility index (Phi) is 12.8. The van der Waals surface area contributed by atoms with Crippen molar-refractivity contribution >= 4 is 23.9 Å². The molecule has 10 heteroatoms. The van der Waals surface area contributed by atoms with E-state index in [0.717, 1.165) is 11.1 Å². The summed E-state index contributed by atoms with van der Waals surface area (Å²) in [5.74, 6) is -2.09. The molecule has 3 atom stereocenters. The van der Waals surface area contributed by atoms with E-state index in [1.807, 2.05) is 60.7 Å². The van der Waals surface area contributed by atoms with Crippen molar-refractivity contribution in [1.82, 2.24) is 15.5 Å². The summed E-state index contributed by atoms with van der Waals surface area (Å²) >= 11 is 0. The van der Waals surface area contributed by atoms with Gasteiger partial charge in [-0.2, -0.15) is 0 Å². The summed E-state index contributed by atoms with van der Waals surface area (Å²) < 4.78 is 11.2. The minimum Gasteiger partial charge on any atom is -0.507 e. The second kappa shape index (κ2) is 16.3. The van der Waals surface area contributed by atoms with Crippen molar-refractivity contribution in [1.29, 1.82) is 0 Å². The maximum atomic E-state index is 14.5. The van der Waals surface area contributed by atoms with Crippen LogP contribution in [0.25, 0.3) is 0 Å². The molecule has 0 spiro atoms. The number of carbonyl (C=O) groups is 4. The number of alkyl carbamates (subject to hydrolysis) is 1. The number of likely N-dealkylation sites (N-methyl/N-ethyl adjacent to an activating group) is 1. The molecule has 3 rings (SSSR count). The minimum atomic E-state index is -1.37. The fraction of sp³-hybridized carbons (Fsp3) is 0.421. The number of phenolic OH excluding ortho intramolecular Hbond substituents is 1. The van der Waals surface area contributed by atoms with Gasteiger partial charge in [-0.25, -0.2) is 9.59 Å². The summed E-state index contributed by atoms with van der Waals surface area (Å²) in [7, 11) is 0. The molecule has 3 unspecified atom stereocenters.